The third-order valence-electron chi connectivity index (χ3n) is 10.0. The van der Waals surface area contributed by atoms with E-state index in [1.165, 1.54) is 5.56 Å². The number of amides is 1. The number of rotatable bonds is 19. The van der Waals surface area contributed by atoms with Crippen molar-refractivity contribution in [1.82, 2.24) is 48.8 Å². The van der Waals surface area contributed by atoms with Crippen molar-refractivity contribution >= 4 is 69.6 Å². The van der Waals surface area contributed by atoms with Crippen molar-refractivity contribution in [2.75, 3.05) is 40.4 Å². The molecule has 4 aliphatic rings. The third kappa shape index (κ3) is 13.0. The highest BCUT2D eigenvalue weighted by Crippen LogP contribution is 2.36. The monoisotopic (exact) mass is 1070 g/mol. The Morgan fingerprint density at radius 2 is 1.02 bits per heavy atom. The van der Waals surface area contributed by atoms with E-state index >= 15 is 0 Å². The van der Waals surface area contributed by atoms with E-state index in [-0.39, 0.29) is 5.91 Å². The van der Waals surface area contributed by atoms with Gasteiger partial charge in [-0.2, -0.15) is 0 Å². The molecular weight excluding hydrogens is 1020 g/mol. The molecule has 0 saturated carbocycles. The number of hydrogen-bond donors (Lipinski definition) is 0. The van der Waals surface area contributed by atoms with Gasteiger partial charge in [0.15, 0.2) is 11.6 Å². The molecule has 4 aliphatic heterocycles. The summed E-state index contributed by atoms with van der Waals surface area (Å²) in [5, 5.41) is 0. The van der Waals surface area contributed by atoms with E-state index in [0.717, 1.165) is 133 Å². The molecule has 17 heteroatoms. The van der Waals surface area contributed by atoms with E-state index in [9.17, 15) is 4.79 Å². The zero-order chi connectivity index (χ0) is 43.3. The molecular formula is C43H52Br4N10O3. The predicted molar refractivity (Wildman–Crippen MR) is 250 cm³/mol. The van der Waals surface area contributed by atoms with E-state index in [1.807, 2.05) is 49.3 Å². The van der Waals surface area contributed by atoms with Crippen molar-refractivity contribution in [2.45, 2.75) is 65.2 Å². The first-order valence-corrected chi connectivity index (χ1v) is 22.9. The molecule has 0 saturated heterocycles. The van der Waals surface area contributed by atoms with E-state index < -0.39 is 0 Å². The summed E-state index contributed by atoms with van der Waals surface area (Å²) in [5.74, 6) is 3.45. The molecule has 4 heterocycles. The molecule has 60 heavy (non-hydrogen) atoms. The number of carbonyl (C=O) groups excluding carboxylic acids is 1. The average Bonchev–Trinajstić information content (AvgIpc) is 3.92. The number of allylic oxidation sites excluding steroid dienone is 1. The number of unbranched alkanes of at least 4 members (excludes halogenated alkanes) is 2. The Balaban J connectivity index is 0.000000228. The van der Waals surface area contributed by atoms with Crippen molar-refractivity contribution in [3.8, 4) is 34.5 Å². The normalized spacial score (nSPS) is 11.1. The van der Waals surface area contributed by atoms with Crippen LogP contribution in [0.5, 0.6) is 11.5 Å². The zero-order valence-electron chi connectivity index (χ0n) is 35.0. The molecule has 0 aromatic heterocycles. The van der Waals surface area contributed by atoms with Gasteiger partial charge in [0.25, 0.3) is 0 Å². The summed E-state index contributed by atoms with van der Waals surface area (Å²) in [4.78, 5) is 41.5. The number of hydrogen-bond acceptors (Lipinski definition) is 10. The number of likely N-dealkylation sites (N-methyl/N-ethyl adjacent to an activating group) is 2. The summed E-state index contributed by atoms with van der Waals surface area (Å²) in [6.07, 6.45) is 13.9. The van der Waals surface area contributed by atoms with Gasteiger partial charge in [-0.05, 0) is 157 Å². The highest BCUT2D eigenvalue weighted by atomic mass is 79.9. The number of halogens is 4. The van der Waals surface area contributed by atoms with Crippen molar-refractivity contribution < 1.29 is 14.3 Å². The standard InChI is InChI=1S/C22H27Br2N5O.C21H25Br2N5O2/c1-15(2)28(3)9-8-16-11-17(23)21(18(24)12-16)30-10-6-5-7-19-20-22(26-13-25-20)29(4)14-27-19;1-14(29)27(2)8-7-15-10-16(22)20(17(23)11-15)30-9-5-4-6-18-19-21(25-12-24-19)28(3)13-26-18/h11-14H,1,5-10H2,2-4H3;10-13H,4-9H2,1-3H3. The molecule has 0 unspecified atom stereocenters. The second-order valence-corrected chi connectivity index (χ2v) is 18.1. The first-order valence-electron chi connectivity index (χ1n) is 19.7. The lowest BCUT2D eigenvalue weighted by Gasteiger charge is -2.19. The lowest BCUT2D eigenvalue weighted by atomic mass is 10.1. The van der Waals surface area contributed by atoms with E-state index in [0.29, 0.717) is 19.8 Å². The summed E-state index contributed by atoms with van der Waals surface area (Å²) in [6.45, 7) is 10.4. The van der Waals surface area contributed by atoms with Gasteiger partial charge in [0.2, 0.25) is 5.91 Å². The van der Waals surface area contributed by atoms with Crippen molar-refractivity contribution in [3.05, 3.63) is 102 Å². The minimum Gasteiger partial charge on any atom is -0.491 e. The Morgan fingerprint density at radius 1 is 0.617 bits per heavy atom. The maximum absolute atomic E-state index is 11.4. The van der Waals surface area contributed by atoms with Crippen LogP contribution in [0.4, 0.5) is 0 Å². The Hall–Kier alpha value is -3.93. The van der Waals surface area contributed by atoms with Gasteiger partial charge in [-0.3, -0.25) is 4.79 Å². The molecule has 1 amide bonds. The second-order valence-electron chi connectivity index (χ2n) is 14.7. The maximum Gasteiger partial charge on any atom is 0.219 e. The van der Waals surface area contributed by atoms with Gasteiger partial charge < -0.3 is 28.4 Å². The fourth-order valence-corrected chi connectivity index (χ4v) is 9.24. The van der Waals surface area contributed by atoms with E-state index in [2.05, 4.69) is 124 Å². The number of fused-ring (bicyclic) bond motifs is 2. The molecule has 0 atom stereocenters. The van der Waals surface area contributed by atoms with E-state index in [4.69, 9.17) is 9.47 Å². The minimum atomic E-state index is 0.0684. The Labute approximate surface area is 386 Å². The molecule has 0 spiro atoms. The molecule has 6 rings (SSSR count). The van der Waals surface area contributed by atoms with Gasteiger partial charge in [0.05, 0.1) is 55.1 Å². The number of benzene rings is 2. The third-order valence-corrected chi connectivity index (χ3v) is 12.4. The van der Waals surface area contributed by atoms with Gasteiger partial charge in [0.1, 0.15) is 35.5 Å². The highest BCUT2D eigenvalue weighted by Gasteiger charge is 2.17. The van der Waals surface area contributed by atoms with Gasteiger partial charge in [0, 0.05) is 53.9 Å². The van der Waals surface area contributed by atoms with Crippen LogP contribution in [-0.2, 0) is 44.6 Å². The molecule has 2 aromatic rings. The van der Waals surface area contributed by atoms with Crippen LogP contribution in [0.2, 0.25) is 0 Å². The smallest absolute Gasteiger partial charge is 0.219 e. The summed E-state index contributed by atoms with van der Waals surface area (Å²) in [6, 6.07) is 8.36. The van der Waals surface area contributed by atoms with Gasteiger partial charge in [-0.15, -0.1) is 0 Å². The number of ether oxygens (including phenoxy) is 2. The average molecular weight is 1080 g/mol. The molecule has 0 fully saturated rings. The van der Waals surface area contributed by atoms with Crippen molar-refractivity contribution in [3.63, 3.8) is 0 Å². The number of aromatic nitrogens is 8. The van der Waals surface area contributed by atoms with Crippen LogP contribution in [0.1, 0.15) is 62.0 Å². The SMILES string of the molecule is C=C(C)N(C)CCc1cc(Br)c(OCCCCc2ncn(C)c3ncnc2-3)c(Br)c1.CC(=O)N(C)CCc1cc(Br)c(OCCCCc2ncn(C)c3ncnc2-3)c(Br)c1. The van der Waals surface area contributed by atoms with Crippen LogP contribution < -0.4 is 9.47 Å². The first-order chi connectivity index (χ1) is 28.7. The van der Waals surface area contributed by atoms with Crippen LogP contribution in [0.25, 0.3) is 23.0 Å². The quantitative estimate of drug-likeness (QED) is 0.0724. The van der Waals surface area contributed by atoms with Crippen LogP contribution in [-0.4, -0.2) is 95.1 Å². The van der Waals surface area contributed by atoms with Gasteiger partial charge in [-0.1, -0.05) is 6.58 Å². The Morgan fingerprint density at radius 3 is 1.40 bits per heavy atom. The number of nitrogens with zero attached hydrogens (tertiary/aromatic N) is 10. The molecule has 320 valence electrons. The van der Waals surface area contributed by atoms with Crippen molar-refractivity contribution in [1.29, 1.82) is 0 Å². The van der Waals surface area contributed by atoms with Gasteiger partial charge in [-0.25, -0.2) is 29.9 Å². The van der Waals surface area contributed by atoms with Crippen LogP contribution in [0, 0.1) is 0 Å². The zero-order valence-corrected chi connectivity index (χ0v) is 41.4. The van der Waals surface area contributed by atoms with Crippen LogP contribution in [0.3, 0.4) is 0 Å². The molecule has 0 aliphatic carbocycles. The topological polar surface area (TPSA) is 129 Å². The first kappa shape index (κ1) is 47.1. The lowest BCUT2D eigenvalue weighted by molar-refractivity contribution is -0.127. The second kappa shape index (κ2) is 22.8. The largest absolute Gasteiger partial charge is 0.491 e. The van der Waals surface area contributed by atoms with Crippen molar-refractivity contribution in [2.24, 2.45) is 14.1 Å². The summed E-state index contributed by atoms with van der Waals surface area (Å²) >= 11 is 14.5. The molecule has 0 bridgehead atoms. The van der Waals surface area contributed by atoms with Crippen LogP contribution >= 0.6 is 63.7 Å². The highest BCUT2D eigenvalue weighted by molar-refractivity contribution is 9.11. The fraction of sp³-hybridized carbons (Fsp3) is 0.419. The minimum absolute atomic E-state index is 0.0684. The van der Waals surface area contributed by atoms with Crippen LogP contribution in [0.15, 0.2) is 79.7 Å². The van der Waals surface area contributed by atoms with E-state index in [1.54, 1.807) is 37.1 Å². The molecule has 2 aromatic carbocycles. The summed E-state index contributed by atoms with van der Waals surface area (Å²) in [5.41, 5.74) is 7.18. The Bertz CT molecular complexity index is 2090. The maximum atomic E-state index is 11.4. The molecule has 13 nitrogen and oxygen atoms in total. The summed E-state index contributed by atoms with van der Waals surface area (Å²) < 4.78 is 19.6. The molecule has 0 N–H and O–H groups in total. The number of aryl methyl sites for hydroxylation is 4. The number of carbonyl (C=O) groups is 1. The fourth-order valence-electron chi connectivity index (χ4n) is 6.22. The summed E-state index contributed by atoms with van der Waals surface area (Å²) in [7, 11) is 7.72. The Kier molecular flexibility index (Phi) is 17.9. The lowest BCUT2D eigenvalue weighted by Crippen LogP contribution is -2.26. The predicted octanol–water partition coefficient (Wildman–Crippen LogP) is 9.51. The number of imidazole rings is 2. The molecule has 0 radical (unpaired) electrons. The van der Waals surface area contributed by atoms with Gasteiger partial charge >= 0.3 is 0 Å².